The number of primary amides is 1. The van der Waals surface area contributed by atoms with Gasteiger partial charge in [0.2, 0.25) is 5.91 Å². The highest BCUT2D eigenvalue weighted by Crippen LogP contribution is 2.11. The van der Waals surface area contributed by atoms with Crippen LogP contribution in [-0.2, 0) is 7.05 Å². The molecule has 0 saturated carbocycles. The van der Waals surface area contributed by atoms with Gasteiger partial charge in [-0.1, -0.05) is 0 Å². The van der Waals surface area contributed by atoms with Gasteiger partial charge in [-0.3, -0.25) is 14.8 Å². The summed E-state index contributed by atoms with van der Waals surface area (Å²) in [6.45, 7) is 1.89. The van der Waals surface area contributed by atoms with Crippen molar-refractivity contribution in [2.24, 2.45) is 12.8 Å². The molecule has 7 heteroatoms. The molecule has 0 unspecified atom stereocenters. The van der Waals surface area contributed by atoms with Crippen molar-refractivity contribution in [1.29, 1.82) is 0 Å². The third-order valence-electron chi connectivity index (χ3n) is 2.78. The van der Waals surface area contributed by atoms with Crippen LogP contribution in [0.1, 0.15) is 16.1 Å². The molecule has 0 saturated heterocycles. The Kier molecular flexibility index (Phi) is 3.69. The largest absolute Gasteiger partial charge is 0.366 e. The van der Waals surface area contributed by atoms with E-state index in [1.54, 1.807) is 42.1 Å². The van der Waals surface area contributed by atoms with Crippen molar-refractivity contribution in [2.45, 2.75) is 6.92 Å². The van der Waals surface area contributed by atoms with E-state index >= 15 is 0 Å². The first-order chi connectivity index (χ1) is 9.45. The average Bonchev–Trinajstić information content (AvgIpc) is 2.68. The Labute approximate surface area is 115 Å². The number of amides is 3. The van der Waals surface area contributed by atoms with Crippen molar-refractivity contribution < 1.29 is 9.59 Å². The molecular weight excluding hydrogens is 258 g/mol. The van der Waals surface area contributed by atoms with Gasteiger partial charge in [0.1, 0.15) is 0 Å². The van der Waals surface area contributed by atoms with Crippen LogP contribution in [0.15, 0.2) is 30.3 Å². The second-order valence-corrected chi connectivity index (χ2v) is 4.32. The van der Waals surface area contributed by atoms with E-state index in [1.165, 1.54) is 0 Å². The molecular formula is C13H15N5O2. The second-order valence-electron chi connectivity index (χ2n) is 4.32. The molecule has 0 radical (unpaired) electrons. The number of nitrogens with one attached hydrogen (secondary N) is 2. The number of rotatable bonds is 3. The van der Waals surface area contributed by atoms with Gasteiger partial charge in [0.15, 0.2) is 5.82 Å². The summed E-state index contributed by atoms with van der Waals surface area (Å²) < 4.78 is 1.66. The van der Waals surface area contributed by atoms with Crippen LogP contribution in [0.4, 0.5) is 16.3 Å². The van der Waals surface area contributed by atoms with Gasteiger partial charge < -0.3 is 11.1 Å². The zero-order valence-electron chi connectivity index (χ0n) is 11.2. The molecule has 4 N–H and O–H groups in total. The van der Waals surface area contributed by atoms with E-state index in [0.29, 0.717) is 17.1 Å². The van der Waals surface area contributed by atoms with Gasteiger partial charge in [-0.25, -0.2) is 4.79 Å². The predicted octanol–water partition coefficient (Wildman–Crippen LogP) is 1.47. The monoisotopic (exact) mass is 273 g/mol. The molecule has 0 fully saturated rings. The zero-order chi connectivity index (χ0) is 14.7. The Balaban J connectivity index is 1.99. The van der Waals surface area contributed by atoms with E-state index < -0.39 is 11.9 Å². The summed E-state index contributed by atoms with van der Waals surface area (Å²) in [5.41, 5.74) is 7.01. The molecule has 1 aromatic heterocycles. The Morgan fingerprint density at radius 1 is 1.20 bits per heavy atom. The van der Waals surface area contributed by atoms with Gasteiger partial charge in [-0.05, 0) is 31.2 Å². The van der Waals surface area contributed by atoms with E-state index in [1.807, 2.05) is 6.92 Å². The van der Waals surface area contributed by atoms with E-state index in [2.05, 4.69) is 15.7 Å². The van der Waals surface area contributed by atoms with Crippen molar-refractivity contribution in [3.8, 4) is 0 Å². The van der Waals surface area contributed by atoms with Crippen LogP contribution in [-0.4, -0.2) is 21.7 Å². The normalized spacial score (nSPS) is 10.1. The predicted molar refractivity (Wildman–Crippen MR) is 75.5 cm³/mol. The molecule has 0 atom stereocenters. The van der Waals surface area contributed by atoms with Crippen LogP contribution in [0.2, 0.25) is 0 Å². The Hall–Kier alpha value is -2.83. The van der Waals surface area contributed by atoms with Crippen molar-refractivity contribution >= 4 is 23.4 Å². The number of aromatic nitrogens is 2. The van der Waals surface area contributed by atoms with Crippen molar-refractivity contribution in [1.82, 2.24) is 9.78 Å². The van der Waals surface area contributed by atoms with Crippen LogP contribution in [0.5, 0.6) is 0 Å². The van der Waals surface area contributed by atoms with Crippen molar-refractivity contribution in [3.63, 3.8) is 0 Å². The first-order valence-corrected chi connectivity index (χ1v) is 5.94. The zero-order valence-corrected chi connectivity index (χ0v) is 11.2. The molecule has 0 bridgehead atoms. The minimum absolute atomic E-state index is 0.385. The lowest BCUT2D eigenvalue weighted by Gasteiger charge is -2.05. The lowest BCUT2D eigenvalue weighted by atomic mass is 10.2. The lowest BCUT2D eigenvalue weighted by Crippen LogP contribution is -2.20. The molecule has 3 amide bonds. The molecule has 1 heterocycles. The van der Waals surface area contributed by atoms with E-state index in [0.717, 1.165) is 5.69 Å². The van der Waals surface area contributed by atoms with Crippen LogP contribution in [0.25, 0.3) is 0 Å². The van der Waals surface area contributed by atoms with Gasteiger partial charge in [0.25, 0.3) is 0 Å². The number of nitrogens with zero attached hydrogens (tertiary/aromatic N) is 2. The van der Waals surface area contributed by atoms with Gasteiger partial charge >= 0.3 is 6.03 Å². The number of hydrogen-bond acceptors (Lipinski definition) is 3. The highest BCUT2D eigenvalue weighted by atomic mass is 16.2. The maximum atomic E-state index is 11.8. The molecule has 2 rings (SSSR count). The van der Waals surface area contributed by atoms with Crippen molar-refractivity contribution in [3.05, 3.63) is 41.6 Å². The fourth-order valence-corrected chi connectivity index (χ4v) is 1.62. The fourth-order valence-electron chi connectivity index (χ4n) is 1.62. The van der Waals surface area contributed by atoms with Crippen LogP contribution in [0.3, 0.4) is 0 Å². The molecule has 7 nitrogen and oxygen atoms in total. The summed E-state index contributed by atoms with van der Waals surface area (Å²) in [5.74, 6) is -0.0405. The minimum Gasteiger partial charge on any atom is -0.366 e. The molecule has 0 aliphatic rings. The van der Waals surface area contributed by atoms with E-state index in [-0.39, 0.29) is 0 Å². The molecule has 2 aromatic rings. The first kappa shape index (κ1) is 13.6. The smallest absolute Gasteiger partial charge is 0.324 e. The molecule has 20 heavy (non-hydrogen) atoms. The molecule has 0 aliphatic heterocycles. The number of carbonyl (C=O) groups excluding carboxylic acids is 2. The molecule has 104 valence electrons. The number of nitrogens with two attached hydrogens (primary N) is 1. The van der Waals surface area contributed by atoms with E-state index in [9.17, 15) is 9.59 Å². The van der Waals surface area contributed by atoms with Crippen molar-refractivity contribution in [2.75, 3.05) is 10.6 Å². The van der Waals surface area contributed by atoms with Gasteiger partial charge in [-0.2, -0.15) is 5.10 Å². The van der Waals surface area contributed by atoms with Gasteiger partial charge in [0, 0.05) is 30.1 Å². The minimum atomic E-state index is -0.509. The SMILES string of the molecule is Cc1cc(NC(=O)Nc2ccc(C(N)=O)cc2)nn1C. The summed E-state index contributed by atoms with van der Waals surface area (Å²) in [6, 6.07) is 7.64. The first-order valence-electron chi connectivity index (χ1n) is 5.94. The summed E-state index contributed by atoms with van der Waals surface area (Å²) in [7, 11) is 1.79. The number of benzene rings is 1. The summed E-state index contributed by atoms with van der Waals surface area (Å²) in [4.78, 5) is 22.7. The van der Waals surface area contributed by atoms with Crippen LogP contribution in [0, 0.1) is 6.92 Å². The molecule has 0 aliphatic carbocycles. The molecule has 1 aromatic carbocycles. The Bertz CT molecular complexity index is 626. The topological polar surface area (TPSA) is 102 Å². The van der Waals surface area contributed by atoms with E-state index in [4.69, 9.17) is 5.73 Å². The number of hydrogen-bond donors (Lipinski definition) is 3. The standard InChI is InChI=1S/C13H15N5O2/c1-8-7-11(17-18(8)2)16-13(20)15-10-5-3-9(4-6-10)12(14)19/h3-7H,1-2H3,(H2,14,19)(H2,15,16,17,20). The van der Waals surface area contributed by atoms with Gasteiger partial charge in [-0.15, -0.1) is 0 Å². The highest BCUT2D eigenvalue weighted by Gasteiger charge is 2.07. The lowest BCUT2D eigenvalue weighted by molar-refractivity contribution is 0.100. The van der Waals surface area contributed by atoms with Crippen LogP contribution >= 0.6 is 0 Å². The summed E-state index contributed by atoms with van der Waals surface area (Å²) in [6.07, 6.45) is 0. The number of carbonyl (C=O) groups is 2. The Morgan fingerprint density at radius 2 is 1.85 bits per heavy atom. The van der Waals surface area contributed by atoms with Gasteiger partial charge in [0.05, 0.1) is 0 Å². The number of aryl methyl sites for hydroxylation is 2. The number of urea groups is 1. The maximum Gasteiger partial charge on any atom is 0.324 e. The van der Waals surface area contributed by atoms with Crippen LogP contribution < -0.4 is 16.4 Å². The third-order valence-corrected chi connectivity index (χ3v) is 2.78. The quantitative estimate of drug-likeness (QED) is 0.789. The third kappa shape index (κ3) is 3.14. The highest BCUT2D eigenvalue weighted by molar-refractivity contribution is 5.99. The second kappa shape index (κ2) is 5.43. The number of anilines is 2. The average molecular weight is 273 g/mol. The Morgan fingerprint density at radius 3 is 2.35 bits per heavy atom. The maximum absolute atomic E-state index is 11.8. The molecule has 0 spiro atoms. The summed E-state index contributed by atoms with van der Waals surface area (Å²) in [5, 5.41) is 9.36. The fraction of sp³-hybridized carbons (Fsp3) is 0.154. The summed E-state index contributed by atoms with van der Waals surface area (Å²) >= 11 is 0.